The van der Waals surface area contributed by atoms with Crippen molar-refractivity contribution in [1.29, 1.82) is 0 Å². The van der Waals surface area contributed by atoms with Crippen LogP contribution in [0.25, 0.3) is 0 Å². The third-order valence-electron chi connectivity index (χ3n) is 3.93. The molecule has 1 atom stereocenters. The number of aromatic nitrogens is 2. The van der Waals surface area contributed by atoms with Gasteiger partial charge in [0.25, 0.3) is 0 Å². The molecule has 0 amide bonds. The van der Waals surface area contributed by atoms with Crippen molar-refractivity contribution >= 4 is 17.5 Å². The fourth-order valence-corrected chi connectivity index (χ4v) is 2.65. The molecule has 4 nitrogen and oxygen atoms in total. The Morgan fingerprint density at radius 1 is 0.958 bits per heavy atom. The molecule has 0 saturated carbocycles. The van der Waals surface area contributed by atoms with E-state index in [0.717, 1.165) is 18.1 Å². The maximum atomic E-state index is 4.69. The smallest absolute Gasteiger partial charge is 0.231 e. The normalized spacial score (nSPS) is 11.8. The van der Waals surface area contributed by atoms with Crippen LogP contribution in [0, 0.1) is 0 Å². The summed E-state index contributed by atoms with van der Waals surface area (Å²) >= 11 is 0. The van der Waals surface area contributed by atoms with Crippen molar-refractivity contribution in [2.75, 3.05) is 16.8 Å². The molecule has 0 aliphatic heterocycles. The molecule has 2 aromatic carbocycles. The van der Waals surface area contributed by atoms with Crippen LogP contribution in [-0.4, -0.2) is 16.5 Å². The lowest BCUT2D eigenvalue weighted by Crippen LogP contribution is -2.19. The molecule has 3 rings (SSSR count). The molecule has 0 saturated heterocycles. The first-order valence-electron chi connectivity index (χ1n) is 8.25. The predicted molar refractivity (Wildman–Crippen MR) is 99.6 cm³/mol. The molecule has 0 radical (unpaired) electrons. The number of nitrogens with one attached hydrogen (secondary N) is 1. The number of benzene rings is 2. The van der Waals surface area contributed by atoms with Crippen molar-refractivity contribution in [3.63, 3.8) is 0 Å². The van der Waals surface area contributed by atoms with Gasteiger partial charge in [-0.05, 0) is 37.6 Å². The molecule has 0 aliphatic carbocycles. The van der Waals surface area contributed by atoms with E-state index in [9.17, 15) is 0 Å². The van der Waals surface area contributed by atoms with Gasteiger partial charge in [0.15, 0.2) is 0 Å². The molecule has 1 aromatic heterocycles. The maximum Gasteiger partial charge on any atom is 0.231 e. The van der Waals surface area contributed by atoms with Gasteiger partial charge in [-0.2, -0.15) is 4.98 Å². The van der Waals surface area contributed by atoms with Gasteiger partial charge in [0.1, 0.15) is 5.82 Å². The molecular weight excluding hydrogens is 296 g/mol. The summed E-state index contributed by atoms with van der Waals surface area (Å²) in [6.45, 7) is 5.04. The van der Waals surface area contributed by atoms with Crippen molar-refractivity contribution in [2.45, 2.75) is 19.9 Å². The van der Waals surface area contributed by atoms with E-state index < -0.39 is 0 Å². The summed E-state index contributed by atoms with van der Waals surface area (Å²) in [4.78, 5) is 11.2. The van der Waals surface area contributed by atoms with E-state index in [4.69, 9.17) is 0 Å². The Morgan fingerprint density at radius 2 is 1.62 bits per heavy atom. The van der Waals surface area contributed by atoms with Crippen LogP contribution >= 0.6 is 0 Å². The summed E-state index contributed by atoms with van der Waals surface area (Å²) in [7, 11) is 0. The monoisotopic (exact) mass is 318 g/mol. The Balaban J connectivity index is 1.81. The molecule has 0 aliphatic rings. The molecule has 3 aromatic rings. The highest BCUT2D eigenvalue weighted by Crippen LogP contribution is 2.23. The third kappa shape index (κ3) is 3.71. The summed E-state index contributed by atoms with van der Waals surface area (Å²) in [5, 5.41) is 3.45. The van der Waals surface area contributed by atoms with Crippen LogP contribution in [0.3, 0.4) is 0 Å². The lowest BCUT2D eigenvalue weighted by molar-refractivity contribution is 0.865. The Morgan fingerprint density at radius 3 is 2.29 bits per heavy atom. The number of anilines is 3. The summed E-state index contributed by atoms with van der Waals surface area (Å²) in [6, 6.07) is 22.6. The first-order chi connectivity index (χ1) is 11.8. The highest BCUT2D eigenvalue weighted by molar-refractivity contribution is 5.58. The summed E-state index contributed by atoms with van der Waals surface area (Å²) in [6.07, 6.45) is 1.80. The minimum Gasteiger partial charge on any atom is -0.363 e. The van der Waals surface area contributed by atoms with Crippen molar-refractivity contribution in [1.82, 2.24) is 9.97 Å². The first kappa shape index (κ1) is 16.0. The zero-order valence-corrected chi connectivity index (χ0v) is 14.1. The van der Waals surface area contributed by atoms with Gasteiger partial charge >= 0.3 is 0 Å². The van der Waals surface area contributed by atoms with Gasteiger partial charge in [-0.25, -0.2) is 4.98 Å². The molecule has 4 heteroatoms. The molecular formula is C20H22N4. The standard InChI is InChI=1S/C20H22N4/c1-3-24(18-12-8-5-9-13-18)20-21-15-14-19(23-20)22-16(2)17-10-6-4-7-11-17/h4-16H,3H2,1-2H3,(H,21,22,23). The van der Waals surface area contributed by atoms with Gasteiger partial charge in [0.2, 0.25) is 5.95 Å². The minimum absolute atomic E-state index is 0.181. The SMILES string of the molecule is CCN(c1ccccc1)c1nccc(NC(C)c2ccccc2)n1. The van der Waals surface area contributed by atoms with E-state index >= 15 is 0 Å². The number of nitrogens with zero attached hydrogens (tertiary/aromatic N) is 3. The molecule has 0 spiro atoms. The van der Waals surface area contributed by atoms with E-state index in [1.165, 1.54) is 5.56 Å². The quantitative estimate of drug-likeness (QED) is 0.708. The van der Waals surface area contributed by atoms with Crippen LogP contribution < -0.4 is 10.2 Å². The molecule has 1 unspecified atom stereocenters. The second kappa shape index (κ2) is 7.59. The molecule has 0 fully saturated rings. The number of rotatable bonds is 6. The maximum absolute atomic E-state index is 4.69. The van der Waals surface area contributed by atoms with Crippen molar-refractivity contribution in [3.8, 4) is 0 Å². The molecule has 122 valence electrons. The van der Waals surface area contributed by atoms with Crippen LogP contribution in [-0.2, 0) is 0 Å². The van der Waals surface area contributed by atoms with E-state index in [0.29, 0.717) is 5.95 Å². The molecule has 0 bridgehead atoms. The Hall–Kier alpha value is -2.88. The van der Waals surface area contributed by atoms with Crippen LogP contribution in [0.15, 0.2) is 72.9 Å². The fourth-order valence-electron chi connectivity index (χ4n) is 2.65. The zero-order valence-electron chi connectivity index (χ0n) is 14.1. The average Bonchev–Trinajstić information content (AvgIpc) is 2.64. The number of hydrogen-bond acceptors (Lipinski definition) is 4. The summed E-state index contributed by atoms with van der Waals surface area (Å²) < 4.78 is 0. The van der Waals surface area contributed by atoms with E-state index in [1.54, 1.807) is 6.20 Å². The lowest BCUT2D eigenvalue weighted by atomic mass is 10.1. The van der Waals surface area contributed by atoms with Crippen molar-refractivity contribution in [3.05, 3.63) is 78.5 Å². The Labute approximate surface area is 143 Å². The summed E-state index contributed by atoms with van der Waals surface area (Å²) in [5.74, 6) is 1.53. The molecule has 24 heavy (non-hydrogen) atoms. The van der Waals surface area contributed by atoms with Gasteiger partial charge in [-0.15, -0.1) is 0 Å². The van der Waals surface area contributed by atoms with Gasteiger partial charge in [0.05, 0.1) is 0 Å². The van der Waals surface area contributed by atoms with Gasteiger partial charge in [-0.3, -0.25) is 0 Å². The van der Waals surface area contributed by atoms with Crippen molar-refractivity contribution < 1.29 is 0 Å². The van der Waals surface area contributed by atoms with Crippen LogP contribution in [0.1, 0.15) is 25.5 Å². The second-order valence-electron chi connectivity index (χ2n) is 5.60. The van der Waals surface area contributed by atoms with Gasteiger partial charge < -0.3 is 10.2 Å². The fraction of sp³-hybridized carbons (Fsp3) is 0.200. The highest BCUT2D eigenvalue weighted by Gasteiger charge is 2.12. The van der Waals surface area contributed by atoms with Crippen LogP contribution in [0.5, 0.6) is 0 Å². The molecule has 1 N–H and O–H groups in total. The predicted octanol–water partition coefficient (Wildman–Crippen LogP) is 4.81. The van der Waals surface area contributed by atoms with Crippen LogP contribution in [0.2, 0.25) is 0 Å². The zero-order chi connectivity index (χ0) is 16.8. The van der Waals surface area contributed by atoms with Gasteiger partial charge in [-0.1, -0.05) is 48.5 Å². The largest absolute Gasteiger partial charge is 0.363 e. The van der Waals surface area contributed by atoms with E-state index in [-0.39, 0.29) is 6.04 Å². The average molecular weight is 318 g/mol. The lowest BCUT2D eigenvalue weighted by Gasteiger charge is -2.22. The second-order valence-corrected chi connectivity index (χ2v) is 5.60. The highest BCUT2D eigenvalue weighted by atomic mass is 15.3. The number of hydrogen-bond donors (Lipinski definition) is 1. The minimum atomic E-state index is 0.181. The van der Waals surface area contributed by atoms with E-state index in [2.05, 4.69) is 58.3 Å². The number of para-hydroxylation sites is 1. The third-order valence-corrected chi connectivity index (χ3v) is 3.93. The Kier molecular flexibility index (Phi) is 5.06. The molecule has 1 heterocycles. The van der Waals surface area contributed by atoms with Crippen molar-refractivity contribution in [2.24, 2.45) is 0 Å². The Bertz CT molecular complexity index is 759. The van der Waals surface area contributed by atoms with Gasteiger partial charge in [0, 0.05) is 24.5 Å². The van der Waals surface area contributed by atoms with E-state index in [1.807, 2.05) is 42.5 Å². The topological polar surface area (TPSA) is 41.1 Å². The van der Waals surface area contributed by atoms with Crippen LogP contribution in [0.4, 0.5) is 17.5 Å². The first-order valence-corrected chi connectivity index (χ1v) is 8.25. The summed E-state index contributed by atoms with van der Waals surface area (Å²) in [5.41, 5.74) is 2.32.